The zero-order chi connectivity index (χ0) is 17.4. The van der Waals surface area contributed by atoms with Crippen LogP contribution in [0.4, 0.5) is 0 Å². The second-order valence-electron chi connectivity index (χ2n) is 6.52. The van der Waals surface area contributed by atoms with Crippen LogP contribution in [0.15, 0.2) is 9.13 Å². The largest absolute Gasteiger partial charge is 0.377 e. The van der Waals surface area contributed by atoms with Crippen LogP contribution < -0.4 is 5.56 Å². The molecule has 2 aliphatic rings. The minimum Gasteiger partial charge on any atom is -0.377 e. The van der Waals surface area contributed by atoms with Gasteiger partial charge in [-0.05, 0) is 19.8 Å². The molecule has 7 nitrogen and oxygen atoms in total. The molecule has 0 N–H and O–H groups in total. The van der Waals surface area contributed by atoms with Gasteiger partial charge in [-0.1, -0.05) is 23.1 Å². The summed E-state index contributed by atoms with van der Waals surface area (Å²) >= 11 is 2.73. The van der Waals surface area contributed by atoms with E-state index < -0.39 is 0 Å². The Labute approximate surface area is 153 Å². The molecule has 0 aliphatic carbocycles. The van der Waals surface area contributed by atoms with Gasteiger partial charge in [0.15, 0.2) is 4.34 Å². The van der Waals surface area contributed by atoms with Crippen LogP contribution in [-0.4, -0.2) is 56.8 Å². The Morgan fingerprint density at radius 3 is 3.12 bits per heavy atom. The van der Waals surface area contributed by atoms with Crippen molar-refractivity contribution >= 4 is 33.8 Å². The average Bonchev–Trinajstić information content (AvgIpc) is 3.23. The molecular weight excluding hydrogens is 360 g/mol. The van der Waals surface area contributed by atoms with Gasteiger partial charge in [0.25, 0.3) is 5.56 Å². The van der Waals surface area contributed by atoms with Crippen molar-refractivity contribution in [3.63, 3.8) is 0 Å². The summed E-state index contributed by atoms with van der Waals surface area (Å²) < 4.78 is 7.81. The molecular formula is C16H20N4O3S2. The summed E-state index contributed by atoms with van der Waals surface area (Å²) in [6.07, 6.45) is 3.29. The summed E-state index contributed by atoms with van der Waals surface area (Å²) in [4.78, 5) is 31.5. The Kier molecular flexibility index (Phi) is 4.90. The quantitative estimate of drug-likeness (QED) is 0.725. The number of thioether (sulfide) groups is 1. The molecule has 1 saturated heterocycles. The van der Waals surface area contributed by atoms with Gasteiger partial charge in [0, 0.05) is 32.7 Å². The van der Waals surface area contributed by atoms with Crippen molar-refractivity contribution in [2.24, 2.45) is 0 Å². The van der Waals surface area contributed by atoms with Crippen LogP contribution in [0.2, 0.25) is 0 Å². The van der Waals surface area contributed by atoms with E-state index in [2.05, 4.69) is 15.0 Å². The first-order valence-corrected chi connectivity index (χ1v) is 10.3. The van der Waals surface area contributed by atoms with E-state index in [1.165, 1.54) is 27.6 Å². The Hall–Kier alpha value is -1.29. The van der Waals surface area contributed by atoms with Gasteiger partial charge in [0.2, 0.25) is 4.96 Å². The zero-order valence-corrected chi connectivity index (χ0v) is 15.7. The lowest BCUT2D eigenvalue weighted by Gasteiger charge is -2.29. The van der Waals surface area contributed by atoms with Crippen molar-refractivity contribution in [2.45, 2.75) is 43.2 Å². The zero-order valence-electron chi connectivity index (χ0n) is 14.1. The Morgan fingerprint density at radius 2 is 2.36 bits per heavy atom. The number of ketones is 1. The van der Waals surface area contributed by atoms with Gasteiger partial charge < -0.3 is 4.74 Å². The first-order chi connectivity index (χ1) is 12.1. The number of aromatic nitrogens is 3. The van der Waals surface area contributed by atoms with Crippen molar-refractivity contribution in [3.8, 4) is 0 Å². The summed E-state index contributed by atoms with van der Waals surface area (Å²) in [6, 6.07) is 0. The lowest BCUT2D eigenvalue weighted by molar-refractivity contribution is -0.114. The van der Waals surface area contributed by atoms with Crippen molar-refractivity contribution < 1.29 is 9.53 Å². The van der Waals surface area contributed by atoms with Gasteiger partial charge in [0.05, 0.1) is 23.1 Å². The molecule has 9 heteroatoms. The van der Waals surface area contributed by atoms with E-state index in [-0.39, 0.29) is 17.4 Å². The molecule has 2 aliphatic heterocycles. The van der Waals surface area contributed by atoms with Gasteiger partial charge >= 0.3 is 0 Å². The third kappa shape index (κ3) is 3.64. The number of hydrogen-bond acceptors (Lipinski definition) is 8. The predicted octanol–water partition coefficient (Wildman–Crippen LogP) is 1.37. The maximum absolute atomic E-state index is 12.8. The maximum atomic E-state index is 12.8. The Bertz CT molecular complexity index is 857. The molecule has 4 heterocycles. The minimum absolute atomic E-state index is 0.0806. The number of carbonyl (C=O) groups excluding carboxylic acids is 1. The average molecular weight is 380 g/mol. The van der Waals surface area contributed by atoms with E-state index in [0.717, 1.165) is 50.2 Å². The number of hydrogen-bond donors (Lipinski definition) is 0. The van der Waals surface area contributed by atoms with Gasteiger partial charge in [0.1, 0.15) is 5.78 Å². The molecule has 0 amide bonds. The standard InChI is InChI=1S/C16H20N4O3S2/c1-10(21)9-24-16-18-20-14(22)12-8-19(7-11-3-2-6-23-11)5-4-13(12)17-15(20)25-16/h11H,2-9H2,1H3. The van der Waals surface area contributed by atoms with Gasteiger partial charge in [-0.15, -0.1) is 5.10 Å². The van der Waals surface area contributed by atoms with Crippen LogP contribution in [0.3, 0.4) is 0 Å². The molecule has 2 aromatic rings. The van der Waals surface area contributed by atoms with Crippen LogP contribution in [0.5, 0.6) is 0 Å². The van der Waals surface area contributed by atoms with Crippen molar-refractivity contribution in [1.82, 2.24) is 19.5 Å². The highest BCUT2D eigenvalue weighted by molar-refractivity contribution is 8.01. The van der Waals surface area contributed by atoms with Crippen molar-refractivity contribution in [2.75, 3.05) is 25.4 Å². The maximum Gasteiger partial charge on any atom is 0.279 e. The normalized spacial score (nSPS) is 20.9. The number of rotatable bonds is 5. The third-order valence-corrected chi connectivity index (χ3v) is 6.69. The molecule has 1 unspecified atom stereocenters. The van der Waals surface area contributed by atoms with Crippen molar-refractivity contribution in [1.29, 1.82) is 0 Å². The monoisotopic (exact) mass is 380 g/mol. The molecule has 1 fully saturated rings. The van der Waals surface area contributed by atoms with E-state index >= 15 is 0 Å². The highest BCUT2D eigenvalue weighted by Crippen LogP contribution is 2.25. The number of ether oxygens (including phenoxy) is 1. The molecule has 4 rings (SSSR count). The molecule has 0 bridgehead atoms. The third-order valence-electron chi connectivity index (χ3n) is 4.50. The molecule has 1 atom stereocenters. The lowest BCUT2D eigenvalue weighted by Crippen LogP contribution is -2.40. The summed E-state index contributed by atoms with van der Waals surface area (Å²) in [7, 11) is 0. The number of nitrogens with zero attached hydrogens (tertiary/aromatic N) is 4. The number of carbonyl (C=O) groups is 1. The highest BCUT2D eigenvalue weighted by Gasteiger charge is 2.26. The van der Waals surface area contributed by atoms with Crippen LogP contribution in [0, 0.1) is 0 Å². The molecule has 0 spiro atoms. The number of fused-ring (bicyclic) bond motifs is 2. The molecule has 134 valence electrons. The van der Waals surface area contributed by atoms with Crippen LogP contribution >= 0.6 is 23.1 Å². The van der Waals surface area contributed by atoms with E-state index in [9.17, 15) is 9.59 Å². The summed E-state index contributed by atoms with van der Waals surface area (Å²) in [5.41, 5.74) is 1.55. The smallest absolute Gasteiger partial charge is 0.279 e. The summed E-state index contributed by atoms with van der Waals surface area (Å²) in [5.74, 6) is 0.456. The lowest BCUT2D eigenvalue weighted by atomic mass is 10.1. The minimum atomic E-state index is -0.0806. The molecule has 0 radical (unpaired) electrons. The Balaban J connectivity index is 1.57. The fourth-order valence-corrected chi connectivity index (χ4v) is 5.04. The fourth-order valence-electron chi connectivity index (χ4n) is 3.29. The SMILES string of the molecule is CC(=O)CSc1nn2c(=O)c3c(nc2s1)CCN(CC1CCCO1)C3. The second kappa shape index (κ2) is 7.14. The van der Waals surface area contributed by atoms with E-state index in [4.69, 9.17) is 4.74 Å². The molecule has 0 aromatic carbocycles. The predicted molar refractivity (Wildman–Crippen MR) is 96.5 cm³/mol. The summed E-state index contributed by atoms with van der Waals surface area (Å²) in [5, 5.41) is 4.35. The first kappa shape index (κ1) is 17.1. The summed E-state index contributed by atoms with van der Waals surface area (Å²) in [6.45, 7) is 4.78. The molecule has 0 saturated carbocycles. The molecule has 25 heavy (non-hydrogen) atoms. The number of Topliss-reactive ketones (excluding diaryl/α,β-unsaturated/α-hetero) is 1. The van der Waals surface area contributed by atoms with Gasteiger partial charge in [-0.3, -0.25) is 14.5 Å². The van der Waals surface area contributed by atoms with E-state index in [1.54, 1.807) is 6.92 Å². The van der Waals surface area contributed by atoms with Crippen LogP contribution in [0.25, 0.3) is 4.96 Å². The van der Waals surface area contributed by atoms with E-state index in [0.29, 0.717) is 21.6 Å². The Morgan fingerprint density at radius 1 is 1.48 bits per heavy atom. The topological polar surface area (TPSA) is 76.8 Å². The van der Waals surface area contributed by atoms with Crippen LogP contribution in [0.1, 0.15) is 31.0 Å². The fraction of sp³-hybridized carbons (Fsp3) is 0.625. The highest BCUT2D eigenvalue weighted by atomic mass is 32.2. The van der Waals surface area contributed by atoms with Crippen LogP contribution in [-0.2, 0) is 22.5 Å². The second-order valence-corrected chi connectivity index (χ2v) is 8.69. The molecule has 2 aromatic heterocycles. The van der Waals surface area contributed by atoms with Gasteiger partial charge in [-0.2, -0.15) is 4.52 Å². The van der Waals surface area contributed by atoms with Gasteiger partial charge in [-0.25, -0.2) is 4.98 Å². The first-order valence-electron chi connectivity index (χ1n) is 8.48. The van der Waals surface area contributed by atoms with E-state index in [1.807, 2.05) is 0 Å². The van der Waals surface area contributed by atoms with Crippen molar-refractivity contribution in [3.05, 3.63) is 21.6 Å².